The van der Waals surface area contributed by atoms with Crippen LogP contribution in [0.15, 0.2) is 24.3 Å². The molecule has 2 rings (SSSR count). The van der Waals surface area contributed by atoms with Crippen molar-refractivity contribution in [2.45, 2.75) is 31.3 Å². The van der Waals surface area contributed by atoms with Crippen LogP contribution in [0.1, 0.15) is 30.4 Å². The van der Waals surface area contributed by atoms with Crippen LogP contribution in [-0.4, -0.2) is 16.6 Å². The number of benzene rings is 1. The van der Waals surface area contributed by atoms with E-state index in [1.807, 2.05) is 12.1 Å². The highest BCUT2D eigenvalue weighted by Gasteiger charge is 2.43. The van der Waals surface area contributed by atoms with Gasteiger partial charge in [0.05, 0.1) is 11.6 Å². The Hall–Kier alpha value is -1.86. The molecule has 0 aromatic heterocycles. The molecular weight excluding hydrogens is 216 g/mol. The number of carbonyl (C=O) groups is 1. The van der Waals surface area contributed by atoms with Gasteiger partial charge in [0.25, 0.3) is 0 Å². The Kier molecular flexibility index (Phi) is 3.12. The Labute approximate surface area is 99.9 Å². The molecule has 0 saturated heterocycles. The SMILES string of the molecule is N#Cc1cccc(CNC2(C(=O)O)CCC2)c1. The van der Waals surface area contributed by atoms with Crippen LogP contribution in [0.2, 0.25) is 0 Å². The second-order valence-corrected chi connectivity index (χ2v) is 4.41. The maximum atomic E-state index is 11.1. The zero-order chi connectivity index (χ0) is 12.3. The molecule has 0 atom stereocenters. The van der Waals surface area contributed by atoms with Crippen LogP contribution in [0.5, 0.6) is 0 Å². The van der Waals surface area contributed by atoms with Crippen molar-refractivity contribution in [2.75, 3.05) is 0 Å². The van der Waals surface area contributed by atoms with E-state index < -0.39 is 11.5 Å². The third-order valence-electron chi connectivity index (χ3n) is 3.30. The van der Waals surface area contributed by atoms with E-state index in [2.05, 4.69) is 11.4 Å². The fraction of sp³-hybridized carbons (Fsp3) is 0.385. The fourth-order valence-electron chi connectivity index (χ4n) is 2.02. The van der Waals surface area contributed by atoms with Gasteiger partial charge in [-0.1, -0.05) is 12.1 Å². The first-order chi connectivity index (χ1) is 8.16. The molecule has 1 fully saturated rings. The highest BCUT2D eigenvalue weighted by Crippen LogP contribution is 2.32. The van der Waals surface area contributed by atoms with Gasteiger partial charge in [-0.15, -0.1) is 0 Å². The molecule has 2 N–H and O–H groups in total. The fourth-order valence-corrected chi connectivity index (χ4v) is 2.02. The molecule has 88 valence electrons. The molecule has 4 heteroatoms. The van der Waals surface area contributed by atoms with Crippen molar-refractivity contribution >= 4 is 5.97 Å². The lowest BCUT2D eigenvalue weighted by Gasteiger charge is -2.38. The number of rotatable bonds is 4. The molecule has 17 heavy (non-hydrogen) atoms. The lowest BCUT2D eigenvalue weighted by molar-refractivity contribution is -0.148. The van der Waals surface area contributed by atoms with Crippen molar-refractivity contribution in [3.63, 3.8) is 0 Å². The van der Waals surface area contributed by atoms with Crippen LogP contribution in [0.3, 0.4) is 0 Å². The first kappa shape index (κ1) is 11.6. The Bertz CT molecular complexity index is 473. The average Bonchev–Trinajstić information content (AvgIpc) is 2.27. The van der Waals surface area contributed by atoms with Gasteiger partial charge in [0.1, 0.15) is 5.54 Å². The average molecular weight is 230 g/mol. The summed E-state index contributed by atoms with van der Waals surface area (Å²) in [6, 6.07) is 9.29. The van der Waals surface area contributed by atoms with Crippen LogP contribution in [0.25, 0.3) is 0 Å². The van der Waals surface area contributed by atoms with Crippen LogP contribution >= 0.6 is 0 Å². The lowest BCUT2D eigenvalue weighted by Crippen LogP contribution is -2.56. The molecule has 0 bridgehead atoms. The molecule has 0 amide bonds. The number of carboxylic acids is 1. The lowest BCUT2D eigenvalue weighted by atomic mass is 9.76. The molecule has 0 spiro atoms. The van der Waals surface area contributed by atoms with Crippen molar-refractivity contribution in [2.24, 2.45) is 0 Å². The van der Waals surface area contributed by atoms with Gasteiger partial charge in [-0.3, -0.25) is 10.1 Å². The molecule has 1 saturated carbocycles. The van der Waals surface area contributed by atoms with Crippen molar-refractivity contribution in [1.82, 2.24) is 5.32 Å². The smallest absolute Gasteiger partial charge is 0.323 e. The number of hydrogen-bond donors (Lipinski definition) is 2. The molecule has 0 radical (unpaired) electrons. The normalized spacial score (nSPS) is 16.9. The van der Waals surface area contributed by atoms with Gasteiger partial charge in [0.15, 0.2) is 0 Å². The van der Waals surface area contributed by atoms with Gasteiger partial charge in [-0.25, -0.2) is 0 Å². The molecule has 0 aliphatic heterocycles. The third-order valence-corrected chi connectivity index (χ3v) is 3.30. The first-order valence-electron chi connectivity index (χ1n) is 5.64. The van der Waals surface area contributed by atoms with Crippen molar-refractivity contribution < 1.29 is 9.90 Å². The summed E-state index contributed by atoms with van der Waals surface area (Å²) in [4.78, 5) is 11.1. The highest BCUT2D eigenvalue weighted by molar-refractivity contribution is 5.79. The number of nitrogens with one attached hydrogen (secondary N) is 1. The Morgan fingerprint density at radius 2 is 2.29 bits per heavy atom. The quantitative estimate of drug-likeness (QED) is 0.825. The topological polar surface area (TPSA) is 73.1 Å². The van der Waals surface area contributed by atoms with E-state index in [0.717, 1.165) is 12.0 Å². The molecule has 1 aromatic carbocycles. The molecule has 0 heterocycles. The second-order valence-electron chi connectivity index (χ2n) is 4.41. The van der Waals surface area contributed by atoms with E-state index in [0.29, 0.717) is 24.9 Å². The molecule has 4 nitrogen and oxygen atoms in total. The zero-order valence-electron chi connectivity index (χ0n) is 9.44. The third kappa shape index (κ3) is 2.29. The Balaban J connectivity index is 2.02. The number of nitrogens with zero attached hydrogens (tertiary/aromatic N) is 1. The predicted octanol–water partition coefficient (Wildman–Crippen LogP) is 1.66. The summed E-state index contributed by atoms with van der Waals surface area (Å²) in [5.74, 6) is -0.778. The van der Waals surface area contributed by atoms with Crippen LogP contribution in [-0.2, 0) is 11.3 Å². The van der Waals surface area contributed by atoms with Crippen LogP contribution in [0.4, 0.5) is 0 Å². The molecule has 1 aliphatic carbocycles. The summed E-state index contributed by atoms with van der Waals surface area (Å²) in [7, 11) is 0. The van der Waals surface area contributed by atoms with Crippen molar-refractivity contribution in [1.29, 1.82) is 5.26 Å². The largest absolute Gasteiger partial charge is 0.480 e. The summed E-state index contributed by atoms with van der Waals surface area (Å²) in [6.07, 6.45) is 2.32. The Morgan fingerprint density at radius 3 is 2.82 bits per heavy atom. The van der Waals surface area contributed by atoms with Gasteiger partial charge in [0, 0.05) is 6.54 Å². The van der Waals surface area contributed by atoms with Gasteiger partial charge in [0.2, 0.25) is 0 Å². The molecule has 1 aromatic rings. The van der Waals surface area contributed by atoms with Gasteiger partial charge in [-0.2, -0.15) is 5.26 Å². The number of hydrogen-bond acceptors (Lipinski definition) is 3. The zero-order valence-corrected chi connectivity index (χ0v) is 9.44. The van der Waals surface area contributed by atoms with Crippen LogP contribution in [0, 0.1) is 11.3 Å². The maximum absolute atomic E-state index is 11.1. The van der Waals surface area contributed by atoms with Crippen molar-refractivity contribution in [3.8, 4) is 6.07 Å². The van der Waals surface area contributed by atoms with Gasteiger partial charge >= 0.3 is 5.97 Å². The minimum absolute atomic E-state index is 0.488. The predicted molar refractivity (Wildman–Crippen MR) is 62.2 cm³/mol. The van der Waals surface area contributed by atoms with E-state index in [4.69, 9.17) is 10.4 Å². The number of aliphatic carboxylic acids is 1. The Morgan fingerprint density at radius 1 is 1.53 bits per heavy atom. The maximum Gasteiger partial charge on any atom is 0.323 e. The summed E-state index contributed by atoms with van der Waals surface area (Å²) in [5.41, 5.74) is 0.793. The minimum Gasteiger partial charge on any atom is -0.480 e. The van der Waals surface area contributed by atoms with E-state index in [1.165, 1.54) is 0 Å². The summed E-state index contributed by atoms with van der Waals surface area (Å²) < 4.78 is 0. The summed E-state index contributed by atoms with van der Waals surface area (Å²) in [6.45, 7) is 0.488. The van der Waals surface area contributed by atoms with Crippen molar-refractivity contribution in [3.05, 3.63) is 35.4 Å². The molecular formula is C13H14N2O2. The molecule has 0 unspecified atom stereocenters. The van der Waals surface area contributed by atoms with Crippen LogP contribution < -0.4 is 5.32 Å². The first-order valence-corrected chi connectivity index (χ1v) is 5.64. The number of nitriles is 1. The van der Waals surface area contributed by atoms with E-state index in [1.54, 1.807) is 12.1 Å². The minimum atomic E-state index is -0.778. The van der Waals surface area contributed by atoms with Gasteiger partial charge < -0.3 is 5.11 Å². The monoisotopic (exact) mass is 230 g/mol. The second kappa shape index (κ2) is 4.56. The van der Waals surface area contributed by atoms with E-state index in [-0.39, 0.29) is 0 Å². The molecule has 1 aliphatic rings. The summed E-state index contributed by atoms with van der Waals surface area (Å²) in [5, 5.41) is 21.0. The van der Waals surface area contributed by atoms with E-state index in [9.17, 15) is 4.79 Å². The van der Waals surface area contributed by atoms with E-state index >= 15 is 0 Å². The van der Waals surface area contributed by atoms with Gasteiger partial charge in [-0.05, 0) is 37.0 Å². The highest BCUT2D eigenvalue weighted by atomic mass is 16.4. The standard InChI is InChI=1S/C13H14N2O2/c14-8-10-3-1-4-11(7-10)9-15-13(12(16)17)5-2-6-13/h1,3-4,7,15H,2,5-6,9H2,(H,16,17). The number of carboxylic acid groups (broad SMARTS) is 1. The summed E-state index contributed by atoms with van der Waals surface area (Å²) >= 11 is 0.